The summed E-state index contributed by atoms with van der Waals surface area (Å²) in [4.78, 5) is 14.1. The average Bonchev–Trinajstić information content (AvgIpc) is 2.61. The van der Waals surface area contributed by atoms with Crippen LogP contribution in [0.15, 0.2) is 24.3 Å². The van der Waals surface area contributed by atoms with Crippen LogP contribution in [0.4, 0.5) is 9.18 Å². The summed E-state index contributed by atoms with van der Waals surface area (Å²) in [6, 6.07) is 6.62. The Kier molecular flexibility index (Phi) is 6.30. The Morgan fingerprint density at radius 2 is 2.04 bits per heavy atom. The summed E-state index contributed by atoms with van der Waals surface area (Å²) in [7, 11) is 0. The van der Waals surface area contributed by atoms with Gasteiger partial charge in [0.15, 0.2) is 0 Å². The number of hydrogen-bond donors (Lipinski definition) is 0. The molecule has 1 spiro atoms. The molecule has 1 amide bonds. The van der Waals surface area contributed by atoms with Gasteiger partial charge in [-0.15, -0.1) is 0 Å². The van der Waals surface area contributed by atoms with Gasteiger partial charge in [0, 0.05) is 32.5 Å². The SMILES string of the molecule is CCO[C@H]1C[C@@H](c2cccc(F)c2)OC2(CCN(C(=O)OC(C)(C)C)CC2)C1. The number of benzene rings is 1. The zero-order chi connectivity index (χ0) is 20.4. The lowest BCUT2D eigenvalue weighted by Crippen LogP contribution is -2.53. The quantitative estimate of drug-likeness (QED) is 0.736. The minimum atomic E-state index is -0.504. The Balaban J connectivity index is 1.70. The molecule has 2 aliphatic heterocycles. The van der Waals surface area contributed by atoms with Crippen LogP contribution in [0, 0.1) is 5.82 Å². The van der Waals surface area contributed by atoms with E-state index < -0.39 is 5.60 Å². The highest BCUT2D eigenvalue weighted by atomic mass is 19.1. The van der Waals surface area contributed by atoms with Crippen LogP contribution in [0.2, 0.25) is 0 Å². The van der Waals surface area contributed by atoms with Gasteiger partial charge in [0.05, 0.1) is 17.8 Å². The van der Waals surface area contributed by atoms with Crippen LogP contribution in [0.5, 0.6) is 0 Å². The highest BCUT2D eigenvalue weighted by molar-refractivity contribution is 5.68. The van der Waals surface area contributed by atoms with Crippen molar-refractivity contribution in [2.75, 3.05) is 19.7 Å². The van der Waals surface area contributed by atoms with Crippen molar-refractivity contribution in [1.82, 2.24) is 4.90 Å². The molecule has 1 aromatic rings. The number of carbonyl (C=O) groups is 1. The molecule has 2 saturated heterocycles. The fourth-order valence-electron chi connectivity index (χ4n) is 4.15. The number of halogens is 1. The zero-order valence-electron chi connectivity index (χ0n) is 17.4. The normalized spacial score (nSPS) is 25.0. The van der Waals surface area contributed by atoms with Gasteiger partial charge in [-0.2, -0.15) is 0 Å². The molecule has 28 heavy (non-hydrogen) atoms. The van der Waals surface area contributed by atoms with E-state index in [1.165, 1.54) is 6.07 Å². The molecule has 0 saturated carbocycles. The third-order valence-electron chi connectivity index (χ3n) is 5.42. The zero-order valence-corrected chi connectivity index (χ0v) is 17.4. The van der Waals surface area contributed by atoms with Crippen LogP contribution in [-0.4, -0.2) is 48.0 Å². The molecule has 2 atom stereocenters. The predicted octanol–water partition coefficient (Wildman–Crippen LogP) is 4.85. The number of ether oxygens (including phenoxy) is 3. The highest BCUT2D eigenvalue weighted by Gasteiger charge is 2.45. The minimum absolute atomic E-state index is 0.0695. The number of nitrogens with zero attached hydrogens (tertiary/aromatic N) is 1. The van der Waals surface area contributed by atoms with Crippen molar-refractivity contribution in [3.05, 3.63) is 35.6 Å². The molecule has 6 heteroatoms. The van der Waals surface area contributed by atoms with Crippen molar-refractivity contribution in [2.45, 2.75) is 76.8 Å². The average molecular weight is 393 g/mol. The summed E-state index contributed by atoms with van der Waals surface area (Å²) in [6.45, 7) is 9.42. The fraction of sp³-hybridized carbons (Fsp3) is 0.682. The van der Waals surface area contributed by atoms with E-state index in [4.69, 9.17) is 14.2 Å². The molecule has 2 heterocycles. The Morgan fingerprint density at radius 3 is 2.64 bits per heavy atom. The predicted molar refractivity (Wildman–Crippen MR) is 105 cm³/mol. The maximum Gasteiger partial charge on any atom is 0.410 e. The Labute approximate surface area is 167 Å². The van der Waals surface area contributed by atoms with Gasteiger partial charge in [-0.3, -0.25) is 0 Å². The Bertz CT molecular complexity index is 679. The maximum absolute atomic E-state index is 13.7. The first-order valence-electron chi connectivity index (χ1n) is 10.2. The van der Waals surface area contributed by atoms with E-state index in [0.717, 1.165) is 31.2 Å². The van der Waals surface area contributed by atoms with Crippen LogP contribution in [0.25, 0.3) is 0 Å². The van der Waals surface area contributed by atoms with E-state index in [1.54, 1.807) is 17.0 Å². The summed E-state index contributed by atoms with van der Waals surface area (Å²) in [6.07, 6.45) is 2.56. The van der Waals surface area contributed by atoms with Crippen LogP contribution < -0.4 is 0 Å². The van der Waals surface area contributed by atoms with E-state index in [0.29, 0.717) is 19.7 Å². The molecular formula is C22H32FNO4. The lowest BCUT2D eigenvalue weighted by atomic mass is 9.81. The standard InChI is InChI=1S/C22H32FNO4/c1-5-26-18-14-19(16-7-6-8-17(23)13-16)27-22(15-18)9-11-24(12-10-22)20(25)28-21(2,3)4/h6-8,13,18-19H,5,9-12,14-15H2,1-4H3/t18-,19-/m0/s1. The summed E-state index contributed by atoms with van der Waals surface area (Å²) >= 11 is 0. The summed E-state index contributed by atoms with van der Waals surface area (Å²) < 4.78 is 31.7. The largest absolute Gasteiger partial charge is 0.444 e. The number of piperidine rings is 1. The molecule has 2 fully saturated rings. The molecule has 0 unspecified atom stereocenters. The van der Waals surface area contributed by atoms with Crippen LogP contribution in [0.3, 0.4) is 0 Å². The molecule has 5 nitrogen and oxygen atoms in total. The molecule has 156 valence electrons. The van der Waals surface area contributed by atoms with Crippen molar-refractivity contribution >= 4 is 6.09 Å². The van der Waals surface area contributed by atoms with Gasteiger partial charge in [-0.1, -0.05) is 12.1 Å². The van der Waals surface area contributed by atoms with Crippen molar-refractivity contribution in [1.29, 1.82) is 0 Å². The van der Waals surface area contributed by atoms with Gasteiger partial charge in [0.1, 0.15) is 11.4 Å². The van der Waals surface area contributed by atoms with Gasteiger partial charge < -0.3 is 19.1 Å². The first-order chi connectivity index (χ1) is 13.2. The minimum Gasteiger partial charge on any atom is -0.444 e. The second-order valence-electron chi connectivity index (χ2n) is 8.83. The lowest BCUT2D eigenvalue weighted by molar-refractivity contribution is -0.191. The molecule has 1 aromatic carbocycles. The molecule has 3 rings (SSSR count). The second kappa shape index (κ2) is 8.37. The van der Waals surface area contributed by atoms with Gasteiger partial charge in [0.2, 0.25) is 0 Å². The Hall–Kier alpha value is -1.66. The van der Waals surface area contributed by atoms with E-state index >= 15 is 0 Å². The topological polar surface area (TPSA) is 48.0 Å². The van der Waals surface area contributed by atoms with Crippen molar-refractivity contribution in [2.24, 2.45) is 0 Å². The third-order valence-corrected chi connectivity index (χ3v) is 5.42. The van der Waals surface area contributed by atoms with E-state index in [-0.39, 0.29) is 29.7 Å². The number of rotatable bonds is 3. The number of carbonyl (C=O) groups excluding carboxylic acids is 1. The summed E-state index contributed by atoms with van der Waals surface area (Å²) in [5.41, 5.74) is -0.0118. The van der Waals surface area contributed by atoms with Gasteiger partial charge in [0.25, 0.3) is 0 Å². The van der Waals surface area contributed by atoms with Crippen LogP contribution >= 0.6 is 0 Å². The van der Waals surface area contributed by atoms with Crippen molar-refractivity contribution < 1.29 is 23.4 Å². The van der Waals surface area contributed by atoms with E-state index in [9.17, 15) is 9.18 Å². The number of likely N-dealkylation sites (tertiary alicyclic amines) is 1. The smallest absolute Gasteiger partial charge is 0.410 e. The summed E-state index contributed by atoms with van der Waals surface area (Å²) in [5.74, 6) is -0.256. The Morgan fingerprint density at radius 1 is 1.32 bits per heavy atom. The van der Waals surface area contributed by atoms with Crippen LogP contribution in [-0.2, 0) is 14.2 Å². The third kappa shape index (κ3) is 5.23. The summed E-state index contributed by atoms with van der Waals surface area (Å²) in [5, 5.41) is 0. The van der Waals surface area contributed by atoms with Crippen molar-refractivity contribution in [3.8, 4) is 0 Å². The van der Waals surface area contributed by atoms with E-state index in [2.05, 4.69) is 0 Å². The first-order valence-corrected chi connectivity index (χ1v) is 10.2. The second-order valence-corrected chi connectivity index (χ2v) is 8.83. The fourth-order valence-corrected chi connectivity index (χ4v) is 4.15. The molecular weight excluding hydrogens is 361 g/mol. The number of hydrogen-bond acceptors (Lipinski definition) is 4. The molecule has 0 aliphatic carbocycles. The van der Waals surface area contributed by atoms with Gasteiger partial charge in [-0.05, 0) is 58.2 Å². The molecule has 2 aliphatic rings. The van der Waals surface area contributed by atoms with Crippen LogP contribution in [0.1, 0.15) is 65.0 Å². The van der Waals surface area contributed by atoms with Gasteiger partial charge in [-0.25, -0.2) is 9.18 Å². The van der Waals surface area contributed by atoms with E-state index in [1.807, 2.05) is 33.8 Å². The van der Waals surface area contributed by atoms with Crippen molar-refractivity contribution in [3.63, 3.8) is 0 Å². The monoisotopic (exact) mass is 393 g/mol. The maximum atomic E-state index is 13.7. The molecule has 0 N–H and O–H groups in total. The molecule has 0 radical (unpaired) electrons. The lowest BCUT2D eigenvalue weighted by Gasteiger charge is -2.48. The van der Waals surface area contributed by atoms with Gasteiger partial charge >= 0.3 is 6.09 Å². The highest BCUT2D eigenvalue weighted by Crippen LogP contribution is 2.44. The molecule has 0 bridgehead atoms. The first kappa shape index (κ1) is 21.1. The number of amides is 1. The molecule has 0 aromatic heterocycles.